The number of hydrogen-bond donors (Lipinski definition) is 1. The molecule has 4 rings (SSSR count). The highest BCUT2D eigenvalue weighted by Crippen LogP contribution is 2.49. The number of carbonyl (C=O) groups is 1. The summed E-state index contributed by atoms with van der Waals surface area (Å²) in [5.74, 6) is 1.86. The molecule has 1 aromatic heterocycles. The van der Waals surface area contributed by atoms with Gasteiger partial charge in [-0.3, -0.25) is 9.69 Å². The zero-order valence-corrected chi connectivity index (χ0v) is 17.9. The molecule has 1 aliphatic heterocycles. The highest BCUT2D eigenvalue weighted by atomic mass is 32.3. The Hall–Kier alpha value is -2.05. The van der Waals surface area contributed by atoms with Crippen molar-refractivity contribution in [2.24, 2.45) is 0 Å². The number of fused-ring (bicyclic) bond motifs is 3. The topological polar surface area (TPSA) is 68.5 Å². The van der Waals surface area contributed by atoms with Crippen LogP contribution >= 0.6 is 10.0 Å². The van der Waals surface area contributed by atoms with Gasteiger partial charge in [-0.2, -0.15) is 0 Å². The van der Waals surface area contributed by atoms with Crippen molar-refractivity contribution in [2.75, 3.05) is 48.5 Å². The van der Waals surface area contributed by atoms with Crippen molar-refractivity contribution in [2.45, 2.75) is 25.2 Å². The number of pyridine rings is 1. The predicted octanol–water partition coefficient (Wildman–Crippen LogP) is 3.02. The van der Waals surface area contributed by atoms with E-state index in [4.69, 9.17) is 10.5 Å². The molecule has 1 spiro atoms. The minimum Gasteiger partial charge on any atom is -0.399 e. The van der Waals surface area contributed by atoms with Crippen LogP contribution in [0.2, 0.25) is 0 Å². The summed E-state index contributed by atoms with van der Waals surface area (Å²) in [5.41, 5.74) is 10.8. The van der Waals surface area contributed by atoms with Crippen LogP contribution in [-0.2, 0) is 27.8 Å². The molecule has 0 radical (unpaired) electrons. The highest BCUT2D eigenvalue weighted by molar-refractivity contribution is 8.32. The third kappa shape index (κ3) is 3.18. The molecule has 2 heterocycles. The maximum atomic E-state index is 13.6. The fraction of sp³-hybridized carbons (Fsp3) is 0.455. The number of ether oxygens (including phenoxy) is 1. The summed E-state index contributed by atoms with van der Waals surface area (Å²) in [5, 5.41) is 0. The summed E-state index contributed by atoms with van der Waals surface area (Å²) in [6.45, 7) is 2.94. The molecule has 28 heavy (non-hydrogen) atoms. The Balaban J connectivity index is 1.61. The first-order valence-electron chi connectivity index (χ1n) is 9.60. The number of anilines is 2. The van der Waals surface area contributed by atoms with Gasteiger partial charge < -0.3 is 10.5 Å². The maximum absolute atomic E-state index is 13.6. The molecule has 0 saturated carbocycles. The first-order valence-corrected chi connectivity index (χ1v) is 12.6. The fourth-order valence-corrected chi connectivity index (χ4v) is 4.87. The van der Waals surface area contributed by atoms with E-state index in [0.29, 0.717) is 19.4 Å². The number of aromatic nitrogens is 1. The van der Waals surface area contributed by atoms with Crippen molar-refractivity contribution in [3.63, 3.8) is 0 Å². The molecule has 0 bridgehead atoms. The number of nitrogens with zero attached hydrogens (tertiary/aromatic N) is 2. The lowest BCUT2D eigenvalue weighted by atomic mass is 9.79. The lowest BCUT2D eigenvalue weighted by Gasteiger charge is -2.26. The number of rotatable bonds is 5. The zero-order chi connectivity index (χ0) is 20.1. The molecule has 1 aliphatic carbocycles. The summed E-state index contributed by atoms with van der Waals surface area (Å²) < 4.78 is 5.90. The monoisotopic (exact) mass is 399 g/mol. The Morgan fingerprint density at radius 2 is 1.96 bits per heavy atom. The maximum Gasteiger partial charge on any atom is 0.241 e. The SMILES string of the molecule is Cc1cc2c(cc1N)CC1(C2)C(=O)N(COCCS(C)(C)C)c2ncccc21. The lowest BCUT2D eigenvalue weighted by Crippen LogP contribution is -2.42. The van der Waals surface area contributed by atoms with Crippen molar-refractivity contribution in [3.05, 3.63) is 52.7 Å². The van der Waals surface area contributed by atoms with Gasteiger partial charge in [0.2, 0.25) is 5.91 Å². The average molecular weight is 400 g/mol. The molecule has 1 amide bonds. The number of nitrogens with two attached hydrogens (primary N) is 1. The van der Waals surface area contributed by atoms with Gasteiger partial charge in [0.05, 0.1) is 12.0 Å². The van der Waals surface area contributed by atoms with Gasteiger partial charge in [-0.15, -0.1) is 0 Å². The molecule has 2 aromatic rings. The van der Waals surface area contributed by atoms with E-state index in [1.807, 2.05) is 25.1 Å². The van der Waals surface area contributed by atoms with Crippen LogP contribution in [0.3, 0.4) is 0 Å². The van der Waals surface area contributed by atoms with Gasteiger partial charge in [-0.05, 0) is 67.4 Å². The Kier molecular flexibility index (Phi) is 4.67. The van der Waals surface area contributed by atoms with E-state index in [-0.39, 0.29) is 12.6 Å². The minimum atomic E-state index is -0.616. The van der Waals surface area contributed by atoms with Crippen LogP contribution in [0.25, 0.3) is 0 Å². The lowest BCUT2D eigenvalue weighted by molar-refractivity contribution is -0.124. The van der Waals surface area contributed by atoms with E-state index in [0.717, 1.165) is 28.4 Å². The van der Waals surface area contributed by atoms with Gasteiger partial charge in [0, 0.05) is 23.2 Å². The number of aryl methyl sites for hydroxylation is 1. The van der Waals surface area contributed by atoms with Crippen molar-refractivity contribution in [1.29, 1.82) is 0 Å². The Bertz CT molecular complexity index is 905. The van der Waals surface area contributed by atoms with Crippen LogP contribution in [0.5, 0.6) is 0 Å². The first-order chi connectivity index (χ1) is 13.2. The molecule has 150 valence electrons. The van der Waals surface area contributed by atoms with E-state index >= 15 is 0 Å². The summed E-state index contributed by atoms with van der Waals surface area (Å²) >= 11 is 0. The molecule has 2 aliphatic rings. The third-order valence-electron chi connectivity index (χ3n) is 5.85. The van der Waals surface area contributed by atoms with Gasteiger partial charge >= 0.3 is 0 Å². The zero-order valence-electron chi connectivity index (χ0n) is 17.1. The number of amides is 1. The van der Waals surface area contributed by atoms with E-state index in [1.165, 1.54) is 11.1 Å². The molecule has 1 unspecified atom stereocenters. The third-order valence-corrected chi connectivity index (χ3v) is 7.24. The van der Waals surface area contributed by atoms with Crippen molar-refractivity contribution in [1.82, 2.24) is 4.98 Å². The van der Waals surface area contributed by atoms with Crippen molar-refractivity contribution >= 4 is 27.4 Å². The molecular weight excluding hydrogens is 370 g/mol. The van der Waals surface area contributed by atoms with E-state index < -0.39 is 15.4 Å². The average Bonchev–Trinajstić information content (AvgIpc) is 3.09. The van der Waals surface area contributed by atoms with Gasteiger partial charge in [0.15, 0.2) is 0 Å². The molecule has 0 fully saturated rings. The van der Waals surface area contributed by atoms with Crippen LogP contribution in [0.1, 0.15) is 22.3 Å². The van der Waals surface area contributed by atoms with Crippen LogP contribution in [-0.4, -0.2) is 48.7 Å². The van der Waals surface area contributed by atoms with Crippen LogP contribution in [0.4, 0.5) is 11.5 Å². The van der Waals surface area contributed by atoms with Crippen molar-refractivity contribution in [3.8, 4) is 0 Å². The van der Waals surface area contributed by atoms with Crippen LogP contribution in [0.15, 0.2) is 30.5 Å². The van der Waals surface area contributed by atoms with Gasteiger partial charge in [-0.1, -0.05) is 12.1 Å². The van der Waals surface area contributed by atoms with Gasteiger partial charge in [-0.25, -0.2) is 15.0 Å². The molecular formula is C22H29N3O2S. The molecule has 6 heteroatoms. The van der Waals surface area contributed by atoms with Gasteiger partial charge in [0.1, 0.15) is 12.5 Å². The minimum absolute atomic E-state index is 0.0942. The fourth-order valence-electron chi connectivity index (χ4n) is 4.26. The molecule has 0 saturated heterocycles. The first kappa shape index (κ1) is 19.3. The number of hydrogen-bond acceptors (Lipinski definition) is 4. The second-order valence-corrected chi connectivity index (χ2v) is 13.4. The standard InChI is InChI=1S/C22H29N3O2S/c1-15-10-16-12-22(13-17(16)11-19(15)23)18-6-5-7-24-20(18)25(21(22)26)14-27-8-9-28(2,3)4/h5-7,10-11H,8-9,12-14,23H2,1-4H3. The van der Waals surface area contributed by atoms with Crippen molar-refractivity contribution < 1.29 is 9.53 Å². The molecule has 2 N–H and O–H groups in total. The molecule has 5 nitrogen and oxygen atoms in total. The van der Waals surface area contributed by atoms with Crippen LogP contribution in [0, 0.1) is 6.92 Å². The molecule has 1 atom stereocenters. The summed E-state index contributed by atoms with van der Waals surface area (Å²) in [4.78, 5) is 19.9. The Morgan fingerprint density at radius 1 is 1.25 bits per heavy atom. The summed E-state index contributed by atoms with van der Waals surface area (Å²) in [7, 11) is -0.616. The highest BCUT2D eigenvalue weighted by Gasteiger charge is 2.54. The largest absolute Gasteiger partial charge is 0.399 e. The molecule has 1 aromatic carbocycles. The smallest absolute Gasteiger partial charge is 0.241 e. The van der Waals surface area contributed by atoms with E-state index in [2.05, 4.69) is 29.8 Å². The van der Waals surface area contributed by atoms with E-state index in [9.17, 15) is 4.79 Å². The quantitative estimate of drug-likeness (QED) is 0.620. The second-order valence-electron chi connectivity index (χ2n) is 8.85. The second kappa shape index (κ2) is 6.78. The van der Waals surface area contributed by atoms with Gasteiger partial charge in [0.25, 0.3) is 0 Å². The number of benzene rings is 1. The normalized spacial score (nSPS) is 21.3. The Labute approximate surface area is 168 Å². The number of nitrogen functional groups attached to an aromatic ring is 1. The van der Waals surface area contributed by atoms with E-state index in [1.54, 1.807) is 11.1 Å². The summed E-state index contributed by atoms with van der Waals surface area (Å²) in [6, 6.07) is 8.13. The predicted molar refractivity (Wildman–Crippen MR) is 117 cm³/mol. The Morgan fingerprint density at radius 3 is 2.68 bits per heavy atom. The van der Waals surface area contributed by atoms with Crippen LogP contribution < -0.4 is 10.6 Å². The summed E-state index contributed by atoms with van der Waals surface area (Å²) in [6.07, 6.45) is 9.93. The number of carbonyl (C=O) groups excluding carboxylic acids is 1.